The molecule has 1 saturated heterocycles. The fourth-order valence-electron chi connectivity index (χ4n) is 2.98. The summed E-state index contributed by atoms with van der Waals surface area (Å²) in [6.07, 6.45) is -0.0751. The third-order valence-corrected chi connectivity index (χ3v) is 4.76. The van der Waals surface area contributed by atoms with Gasteiger partial charge < -0.3 is 25.6 Å². The van der Waals surface area contributed by atoms with E-state index in [0.717, 1.165) is 0 Å². The lowest BCUT2D eigenvalue weighted by atomic mass is 10.1. The molecule has 152 valence electrons. The van der Waals surface area contributed by atoms with Crippen LogP contribution in [0.25, 0.3) is 0 Å². The zero-order valence-electron chi connectivity index (χ0n) is 15.8. The molecule has 0 aromatic heterocycles. The van der Waals surface area contributed by atoms with E-state index in [1.807, 2.05) is 0 Å². The summed E-state index contributed by atoms with van der Waals surface area (Å²) in [5, 5.41) is 8.81. The third kappa shape index (κ3) is 5.41. The molecule has 1 fully saturated rings. The predicted molar refractivity (Wildman–Crippen MR) is 112 cm³/mol. The highest BCUT2D eigenvalue weighted by molar-refractivity contribution is 7.80. The Bertz CT molecular complexity index is 907. The number of rotatable bonds is 5. The Morgan fingerprint density at radius 1 is 1.24 bits per heavy atom. The summed E-state index contributed by atoms with van der Waals surface area (Å²) in [6, 6.07) is 11.9. The number of hydrogen-bond donors (Lipinski definition) is 3. The van der Waals surface area contributed by atoms with Crippen LogP contribution in [0.3, 0.4) is 0 Å². The summed E-state index contributed by atoms with van der Waals surface area (Å²) >= 11 is 5.43. The molecular formula is C20H21FN4O3S. The maximum Gasteiger partial charge on any atom is 0.243 e. The van der Waals surface area contributed by atoms with Crippen LogP contribution < -0.4 is 20.7 Å². The van der Waals surface area contributed by atoms with Crippen LogP contribution in [0.5, 0.6) is 5.75 Å². The second-order valence-electron chi connectivity index (χ2n) is 6.42. The van der Waals surface area contributed by atoms with Gasteiger partial charge in [-0.15, -0.1) is 0 Å². The minimum absolute atomic E-state index is 0.0751. The molecule has 1 aliphatic heterocycles. The van der Waals surface area contributed by atoms with Crippen molar-refractivity contribution < 1.29 is 18.7 Å². The van der Waals surface area contributed by atoms with Crippen molar-refractivity contribution in [3.05, 3.63) is 54.3 Å². The van der Waals surface area contributed by atoms with E-state index in [1.165, 1.54) is 12.1 Å². The van der Waals surface area contributed by atoms with E-state index in [0.29, 0.717) is 35.3 Å². The van der Waals surface area contributed by atoms with Gasteiger partial charge in [-0.05, 0) is 48.6 Å². The number of thiocarbonyl (C=S) groups is 1. The molecule has 0 saturated carbocycles. The molecule has 1 heterocycles. The molecule has 2 aromatic carbocycles. The van der Waals surface area contributed by atoms with Gasteiger partial charge in [0.05, 0.1) is 13.5 Å². The van der Waals surface area contributed by atoms with Gasteiger partial charge >= 0.3 is 0 Å². The van der Waals surface area contributed by atoms with Gasteiger partial charge in [0.1, 0.15) is 17.6 Å². The molecule has 9 heteroatoms. The van der Waals surface area contributed by atoms with Gasteiger partial charge in [-0.1, -0.05) is 6.07 Å². The van der Waals surface area contributed by atoms with Gasteiger partial charge in [0.2, 0.25) is 11.8 Å². The SMILES string of the molecule is COc1cccc(NC(=O)C[C@H]2C(=O)NCCN2C(=S)Nc2ccc(F)cc2)c1. The molecule has 1 aliphatic rings. The van der Waals surface area contributed by atoms with Crippen LogP contribution in [-0.4, -0.2) is 48.1 Å². The molecular weight excluding hydrogens is 395 g/mol. The van der Waals surface area contributed by atoms with E-state index in [-0.39, 0.29) is 24.1 Å². The van der Waals surface area contributed by atoms with E-state index in [9.17, 15) is 14.0 Å². The van der Waals surface area contributed by atoms with E-state index in [1.54, 1.807) is 48.4 Å². The van der Waals surface area contributed by atoms with Crippen molar-refractivity contribution >= 4 is 40.5 Å². The average Bonchev–Trinajstić information content (AvgIpc) is 2.71. The second-order valence-corrected chi connectivity index (χ2v) is 6.81. The minimum Gasteiger partial charge on any atom is -0.497 e. The number of benzene rings is 2. The molecule has 0 spiro atoms. The van der Waals surface area contributed by atoms with Crippen molar-refractivity contribution in [1.82, 2.24) is 10.2 Å². The fourth-order valence-corrected chi connectivity index (χ4v) is 3.31. The highest BCUT2D eigenvalue weighted by Gasteiger charge is 2.33. The molecule has 0 aliphatic carbocycles. The summed E-state index contributed by atoms with van der Waals surface area (Å²) in [6.45, 7) is 0.869. The molecule has 3 N–H and O–H groups in total. The number of ether oxygens (including phenoxy) is 1. The van der Waals surface area contributed by atoms with Crippen molar-refractivity contribution in [1.29, 1.82) is 0 Å². The number of anilines is 2. The number of methoxy groups -OCH3 is 1. The summed E-state index contributed by atoms with van der Waals surface area (Å²) < 4.78 is 18.2. The Hall–Kier alpha value is -3.20. The molecule has 0 bridgehead atoms. The summed E-state index contributed by atoms with van der Waals surface area (Å²) in [5.41, 5.74) is 1.17. The number of amides is 2. The van der Waals surface area contributed by atoms with E-state index in [2.05, 4.69) is 16.0 Å². The van der Waals surface area contributed by atoms with Crippen molar-refractivity contribution in [2.45, 2.75) is 12.5 Å². The van der Waals surface area contributed by atoms with Crippen LogP contribution in [0.15, 0.2) is 48.5 Å². The highest BCUT2D eigenvalue weighted by Crippen LogP contribution is 2.18. The molecule has 0 unspecified atom stereocenters. The molecule has 3 rings (SSSR count). The first-order valence-electron chi connectivity index (χ1n) is 9.01. The standard InChI is InChI=1S/C20H21FN4O3S/c1-28-16-4-2-3-15(11-16)23-18(26)12-17-19(27)22-9-10-25(17)20(29)24-14-7-5-13(21)6-8-14/h2-8,11,17H,9-10,12H2,1H3,(H,22,27)(H,23,26)(H,24,29)/t17-/m0/s1. The monoisotopic (exact) mass is 416 g/mol. The molecule has 2 aromatic rings. The lowest BCUT2D eigenvalue weighted by Crippen LogP contribution is -2.58. The quantitative estimate of drug-likeness (QED) is 0.649. The van der Waals surface area contributed by atoms with Crippen LogP contribution in [0.1, 0.15) is 6.42 Å². The first-order valence-corrected chi connectivity index (χ1v) is 9.42. The lowest BCUT2D eigenvalue weighted by molar-refractivity contribution is -0.130. The van der Waals surface area contributed by atoms with Crippen LogP contribution in [-0.2, 0) is 9.59 Å². The number of nitrogens with zero attached hydrogens (tertiary/aromatic N) is 1. The molecule has 1 atom stereocenters. The van der Waals surface area contributed by atoms with Gasteiger partial charge in [-0.25, -0.2) is 4.39 Å². The van der Waals surface area contributed by atoms with Crippen LogP contribution in [0.4, 0.5) is 15.8 Å². The maximum absolute atomic E-state index is 13.1. The Morgan fingerprint density at radius 2 is 2.00 bits per heavy atom. The fraction of sp³-hybridized carbons (Fsp3) is 0.250. The van der Waals surface area contributed by atoms with Gasteiger partial charge in [-0.3, -0.25) is 9.59 Å². The Labute approximate surface area is 173 Å². The first-order chi connectivity index (χ1) is 14.0. The normalized spacial score (nSPS) is 16.0. The van der Waals surface area contributed by atoms with Crippen molar-refractivity contribution in [3.63, 3.8) is 0 Å². The summed E-state index contributed by atoms with van der Waals surface area (Å²) in [4.78, 5) is 26.6. The van der Waals surface area contributed by atoms with Gasteiger partial charge in [0.15, 0.2) is 5.11 Å². The van der Waals surface area contributed by atoms with E-state index >= 15 is 0 Å². The van der Waals surface area contributed by atoms with E-state index < -0.39 is 6.04 Å². The van der Waals surface area contributed by atoms with Crippen LogP contribution in [0.2, 0.25) is 0 Å². The van der Waals surface area contributed by atoms with Crippen molar-refractivity contribution in [3.8, 4) is 5.75 Å². The average molecular weight is 416 g/mol. The number of halogens is 1. The first kappa shape index (κ1) is 20.5. The largest absolute Gasteiger partial charge is 0.497 e. The lowest BCUT2D eigenvalue weighted by Gasteiger charge is -2.36. The smallest absolute Gasteiger partial charge is 0.243 e. The summed E-state index contributed by atoms with van der Waals surface area (Å²) in [5.74, 6) is -0.342. The topological polar surface area (TPSA) is 82.7 Å². The highest BCUT2D eigenvalue weighted by atomic mass is 32.1. The van der Waals surface area contributed by atoms with Crippen molar-refractivity contribution in [2.24, 2.45) is 0 Å². The molecule has 0 radical (unpaired) electrons. The second kappa shape index (κ2) is 9.33. The summed E-state index contributed by atoms with van der Waals surface area (Å²) in [7, 11) is 1.54. The Balaban J connectivity index is 1.67. The maximum atomic E-state index is 13.1. The van der Waals surface area contributed by atoms with E-state index in [4.69, 9.17) is 17.0 Å². The Kier molecular flexibility index (Phi) is 6.61. The molecule has 2 amide bonds. The molecule has 29 heavy (non-hydrogen) atoms. The van der Waals surface area contributed by atoms with Gasteiger partial charge in [-0.2, -0.15) is 0 Å². The zero-order chi connectivity index (χ0) is 20.8. The predicted octanol–water partition coefficient (Wildman–Crippen LogP) is 2.36. The minimum atomic E-state index is -0.755. The van der Waals surface area contributed by atoms with Crippen LogP contribution >= 0.6 is 12.2 Å². The Morgan fingerprint density at radius 3 is 2.72 bits per heavy atom. The third-order valence-electron chi connectivity index (χ3n) is 4.42. The van der Waals surface area contributed by atoms with Crippen molar-refractivity contribution in [2.75, 3.05) is 30.8 Å². The number of hydrogen-bond acceptors (Lipinski definition) is 4. The molecule has 7 nitrogen and oxygen atoms in total. The number of piperazine rings is 1. The zero-order valence-corrected chi connectivity index (χ0v) is 16.6. The number of nitrogens with one attached hydrogen (secondary N) is 3. The van der Waals surface area contributed by atoms with Crippen LogP contribution in [0, 0.1) is 5.82 Å². The number of carbonyl (C=O) groups is 2. The van der Waals surface area contributed by atoms with Gasteiger partial charge in [0, 0.05) is 30.5 Å². The van der Waals surface area contributed by atoms with Gasteiger partial charge in [0.25, 0.3) is 0 Å². The number of carbonyl (C=O) groups excluding carboxylic acids is 2.